The molecule has 1 aliphatic heterocycles. The van der Waals surface area contributed by atoms with Crippen LogP contribution in [0.15, 0.2) is 66.1 Å². The monoisotopic (exact) mass is 450 g/mol. The normalized spacial score (nSPS) is 21.2. The molecule has 0 radical (unpaired) electrons. The minimum absolute atomic E-state index is 0.0486. The van der Waals surface area contributed by atoms with Crippen molar-refractivity contribution in [2.24, 2.45) is 0 Å². The number of carbonyl (C=O) groups excluding carboxylic acids is 1. The lowest BCUT2D eigenvalue weighted by molar-refractivity contribution is -0.165. The molecule has 1 unspecified atom stereocenters. The average Bonchev–Trinajstić information content (AvgIpc) is 3.35. The molecule has 1 atom stereocenters. The summed E-state index contributed by atoms with van der Waals surface area (Å²) in [5.41, 5.74) is 0.765. The Kier molecular flexibility index (Phi) is 7.02. The Morgan fingerprint density at radius 1 is 1.03 bits per heavy atom. The molecule has 0 saturated heterocycles. The van der Waals surface area contributed by atoms with Gasteiger partial charge in [-0.25, -0.2) is 4.79 Å². The van der Waals surface area contributed by atoms with Crippen LogP contribution in [-0.4, -0.2) is 22.2 Å². The standard InChI is InChI=1S/C27H30O6/c28-22-18-27(17-9-8-16-24(29)30,20-12-2-1-3-13-20)33-26(31)25(22)32-23-15-7-6-14-21(23)19-10-4-5-11-19/h1-3,6-7,12-15,19,28H,4-5,8-11,16-18H2,(H,29,30). The summed E-state index contributed by atoms with van der Waals surface area (Å²) in [6, 6.07) is 17.0. The van der Waals surface area contributed by atoms with Crippen molar-refractivity contribution in [3.8, 4) is 5.75 Å². The largest absolute Gasteiger partial charge is 0.508 e. The Labute approximate surface area is 193 Å². The van der Waals surface area contributed by atoms with E-state index < -0.39 is 17.5 Å². The van der Waals surface area contributed by atoms with E-state index in [1.807, 2.05) is 54.6 Å². The van der Waals surface area contributed by atoms with E-state index in [0.717, 1.165) is 24.0 Å². The Morgan fingerprint density at radius 3 is 2.42 bits per heavy atom. The number of aliphatic hydroxyl groups excluding tert-OH is 1. The van der Waals surface area contributed by atoms with Crippen LogP contribution in [0.25, 0.3) is 0 Å². The lowest BCUT2D eigenvalue weighted by Crippen LogP contribution is -2.39. The molecule has 1 aliphatic carbocycles. The summed E-state index contributed by atoms with van der Waals surface area (Å²) in [6.45, 7) is 0. The first-order chi connectivity index (χ1) is 16.0. The number of esters is 1. The van der Waals surface area contributed by atoms with Gasteiger partial charge in [0.2, 0.25) is 5.76 Å². The second kappa shape index (κ2) is 10.1. The van der Waals surface area contributed by atoms with Gasteiger partial charge in [-0.15, -0.1) is 0 Å². The molecule has 2 aromatic rings. The van der Waals surface area contributed by atoms with Gasteiger partial charge < -0.3 is 19.7 Å². The van der Waals surface area contributed by atoms with Crippen molar-refractivity contribution in [1.82, 2.24) is 0 Å². The summed E-state index contributed by atoms with van der Waals surface area (Å²) in [6.07, 6.45) is 6.07. The van der Waals surface area contributed by atoms with Crippen molar-refractivity contribution in [3.63, 3.8) is 0 Å². The van der Waals surface area contributed by atoms with Crippen LogP contribution in [0.1, 0.15) is 74.8 Å². The predicted octanol–water partition coefficient (Wildman–Crippen LogP) is 5.98. The van der Waals surface area contributed by atoms with Gasteiger partial charge in [-0.05, 0) is 55.2 Å². The molecule has 0 amide bonds. The predicted molar refractivity (Wildman–Crippen MR) is 123 cm³/mol. The first kappa shape index (κ1) is 22.9. The number of carboxylic acid groups (broad SMARTS) is 1. The minimum atomic E-state index is -1.06. The molecule has 0 aromatic heterocycles. The zero-order valence-corrected chi connectivity index (χ0v) is 18.7. The quantitative estimate of drug-likeness (QED) is 0.361. The molecule has 1 fully saturated rings. The van der Waals surface area contributed by atoms with Gasteiger partial charge in [0.25, 0.3) is 0 Å². The van der Waals surface area contributed by atoms with Crippen LogP contribution < -0.4 is 4.74 Å². The van der Waals surface area contributed by atoms with E-state index in [4.69, 9.17) is 14.6 Å². The second-order valence-electron chi connectivity index (χ2n) is 8.92. The number of carbonyl (C=O) groups is 2. The summed E-state index contributed by atoms with van der Waals surface area (Å²) >= 11 is 0. The van der Waals surface area contributed by atoms with E-state index >= 15 is 0 Å². The maximum absolute atomic E-state index is 13.1. The van der Waals surface area contributed by atoms with E-state index in [2.05, 4.69) is 0 Å². The fourth-order valence-electron chi connectivity index (χ4n) is 4.96. The van der Waals surface area contributed by atoms with Gasteiger partial charge in [-0.1, -0.05) is 61.4 Å². The van der Waals surface area contributed by atoms with Gasteiger partial charge in [0.15, 0.2) is 0 Å². The molecule has 2 aliphatic rings. The van der Waals surface area contributed by atoms with Crippen molar-refractivity contribution < 1.29 is 29.3 Å². The van der Waals surface area contributed by atoms with Crippen LogP contribution in [0.4, 0.5) is 0 Å². The number of hydrogen-bond donors (Lipinski definition) is 2. The number of para-hydroxylation sites is 1. The molecule has 1 heterocycles. The van der Waals surface area contributed by atoms with Crippen LogP contribution in [0.2, 0.25) is 0 Å². The number of unbranched alkanes of at least 4 members (excludes halogenated alkanes) is 1. The van der Waals surface area contributed by atoms with Crippen molar-refractivity contribution in [2.45, 2.75) is 69.3 Å². The third kappa shape index (κ3) is 5.21. The molecule has 33 heavy (non-hydrogen) atoms. The van der Waals surface area contributed by atoms with Gasteiger partial charge in [0, 0.05) is 6.42 Å². The van der Waals surface area contributed by atoms with Crippen LogP contribution >= 0.6 is 0 Å². The highest BCUT2D eigenvalue weighted by Crippen LogP contribution is 2.43. The number of rotatable bonds is 9. The summed E-state index contributed by atoms with van der Waals surface area (Å²) in [5.74, 6) is -0.907. The number of carboxylic acids is 1. The Bertz CT molecular complexity index is 1020. The van der Waals surface area contributed by atoms with Crippen LogP contribution in [0, 0.1) is 0 Å². The SMILES string of the molecule is O=C(O)CCCCC1(c2ccccc2)CC(O)=C(Oc2ccccc2C2CCCC2)C(=O)O1. The number of benzene rings is 2. The van der Waals surface area contributed by atoms with Gasteiger partial charge in [0.1, 0.15) is 17.1 Å². The Morgan fingerprint density at radius 2 is 1.73 bits per heavy atom. The van der Waals surface area contributed by atoms with Crippen molar-refractivity contribution >= 4 is 11.9 Å². The summed E-state index contributed by atoms with van der Waals surface area (Å²) in [5, 5.41) is 19.9. The molecule has 6 heteroatoms. The lowest BCUT2D eigenvalue weighted by atomic mass is 9.83. The molecule has 1 saturated carbocycles. The maximum atomic E-state index is 13.1. The first-order valence-corrected chi connectivity index (χ1v) is 11.7. The molecule has 6 nitrogen and oxygen atoms in total. The molecular weight excluding hydrogens is 420 g/mol. The number of aliphatic hydroxyl groups is 1. The van der Waals surface area contributed by atoms with Crippen molar-refractivity contribution in [1.29, 1.82) is 0 Å². The van der Waals surface area contributed by atoms with E-state index in [1.54, 1.807) is 0 Å². The Hall–Kier alpha value is -3.28. The number of aliphatic carboxylic acids is 1. The second-order valence-corrected chi connectivity index (χ2v) is 8.92. The minimum Gasteiger partial charge on any atom is -0.508 e. The molecule has 2 N–H and O–H groups in total. The van der Waals surface area contributed by atoms with Crippen molar-refractivity contribution in [3.05, 3.63) is 77.2 Å². The van der Waals surface area contributed by atoms with E-state index in [1.165, 1.54) is 12.8 Å². The zero-order valence-electron chi connectivity index (χ0n) is 18.7. The molecule has 174 valence electrons. The highest BCUT2D eigenvalue weighted by molar-refractivity contribution is 5.88. The highest BCUT2D eigenvalue weighted by atomic mass is 16.6. The van der Waals surface area contributed by atoms with Gasteiger partial charge >= 0.3 is 11.9 Å². The van der Waals surface area contributed by atoms with E-state index in [-0.39, 0.29) is 24.4 Å². The lowest BCUT2D eigenvalue weighted by Gasteiger charge is -2.37. The topological polar surface area (TPSA) is 93.1 Å². The highest BCUT2D eigenvalue weighted by Gasteiger charge is 2.44. The van der Waals surface area contributed by atoms with Crippen LogP contribution in [0.5, 0.6) is 5.75 Å². The van der Waals surface area contributed by atoms with Crippen LogP contribution in [0.3, 0.4) is 0 Å². The zero-order chi connectivity index (χ0) is 23.3. The number of cyclic esters (lactones) is 1. The average molecular weight is 451 g/mol. The van der Waals surface area contributed by atoms with Crippen molar-refractivity contribution in [2.75, 3.05) is 0 Å². The van der Waals surface area contributed by atoms with Gasteiger partial charge in [-0.2, -0.15) is 0 Å². The summed E-state index contributed by atoms with van der Waals surface area (Å²) in [7, 11) is 0. The molecule has 0 spiro atoms. The number of hydrogen-bond acceptors (Lipinski definition) is 5. The maximum Gasteiger partial charge on any atom is 0.378 e. The fraction of sp³-hybridized carbons (Fsp3) is 0.407. The van der Waals surface area contributed by atoms with Gasteiger partial charge in [-0.3, -0.25) is 4.79 Å². The van der Waals surface area contributed by atoms with Crippen LogP contribution in [-0.2, 0) is 19.9 Å². The smallest absolute Gasteiger partial charge is 0.378 e. The van der Waals surface area contributed by atoms with Gasteiger partial charge in [0.05, 0.1) is 6.42 Å². The summed E-state index contributed by atoms with van der Waals surface area (Å²) < 4.78 is 11.9. The molecule has 0 bridgehead atoms. The fourth-order valence-corrected chi connectivity index (χ4v) is 4.96. The van der Waals surface area contributed by atoms with E-state index in [9.17, 15) is 14.7 Å². The third-order valence-electron chi connectivity index (χ3n) is 6.64. The first-order valence-electron chi connectivity index (χ1n) is 11.7. The molecule has 4 rings (SSSR count). The number of ether oxygens (including phenoxy) is 2. The Balaban J connectivity index is 1.59. The van der Waals surface area contributed by atoms with E-state index in [0.29, 0.717) is 30.9 Å². The summed E-state index contributed by atoms with van der Waals surface area (Å²) in [4.78, 5) is 24.0. The molecule has 2 aromatic carbocycles. The third-order valence-corrected chi connectivity index (χ3v) is 6.64. The molecular formula is C27H30O6.